The van der Waals surface area contributed by atoms with Gasteiger partial charge < -0.3 is 9.47 Å². The molecule has 1 saturated carbocycles. The summed E-state index contributed by atoms with van der Waals surface area (Å²) in [5.41, 5.74) is 0.532. The lowest BCUT2D eigenvalue weighted by atomic mass is 9.92. The van der Waals surface area contributed by atoms with Gasteiger partial charge in [0.15, 0.2) is 0 Å². The van der Waals surface area contributed by atoms with E-state index in [1.54, 1.807) is 0 Å². The Balaban J connectivity index is 2.16. The van der Waals surface area contributed by atoms with Gasteiger partial charge in [-0.25, -0.2) is 4.79 Å². The van der Waals surface area contributed by atoms with Crippen molar-refractivity contribution in [3.8, 4) is 0 Å². The van der Waals surface area contributed by atoms with Crippen molar-refractivity contribution in [2.45, 2.75) is 44.8 Å². The molecule has 1 heterocycles. The van der Waals surface area contributed by atoms with Gasteiger partial charge in [0.05, 0.1) is 0 Å². The fourth-order valence-corrected chi connectivity index (χ4v) is 2.52. The Morgan fingerprint density at radius 1 is 1.44 bits per heavy atom. The molecule has 0 bridgehead atoms. The van der Waals surface area contributed by atoms with Crippen molar-refractivity contribution in [3.05, 3.63) is 12.2 Å². The molecule has 0 aromatic rings. The van der Waals surface area contributed by atoms with E-state index in [9.17, 15) is 9.59 Å². The Hall–Kier alpha value is -1.32. The van der Waals surface area contributed by atoms with Gasteiger partial charge >= 0.3 is 11.9 Å². The molecule has 1 saturated heterocycles. The molecule has 0 spiro atoms. The first-order valence-corrected chi connectivity index (χ1v) is 5.66. The van der Waals surface area contributed by atoms with Crippen LogP contribution in [0.15, 0.2) is 12.2 Å². The van der Waals surface area contributed by atoms with Crippen LogP contribution in [0.2, 0.25) is 0 Å². The summed E-state index contributed by atoms with van der Waals surface area (Å²) in [6.07, 6.45) is 3.07. The van der Waals surface area contributed by atoms with Crippen LogP contribution in [-0.2, 0) is 19.1 Å². The minimum absolute atomic E-state index is 0.0272. The molecule has 0 aromatic heterocycles. The second-order valence-electron chi connectivity index (χ2n) is 4.43. The van der Waals surface area contributed by atoms with Crippen LogP contribution < -0.4 is 0 Å². The van der Waals surface area contributed by atoms with Crippen LogP contribution in [0.5, 0.6) is 0 Å². The molecule has 3 atom stereocenters. The fourth-order valence-electron chi connectivity index (χ4n) is 2.52. The van der Waals surface area contributed by atoms with Gasteiger partial charge in [-0.2, -0.15) is 0 Å². The van der Waals surface area contributed by atoms with Crippen LogP contribution >= 0.6 is 0 Å². The molecule has 4 nitrogen and oxygen atoms in total. The zero-order chi connectivity index (χ0) is 11.7. The average molecular weight is 224 g/mol. The number of carbonyl (C=O) groups is 2. The molecule has 2 rings (SSSR count). The topological polar surface area (TPSA) is 52.6 Å². The first-order valence-electron chi connectivity index (χ1n) is 5.66. The summed E-state index contributed by atoms with van der Waals surface area (Å²) in [6, 6.07) is 0. The zero-order valence-electron chi connectivity index (χ0n) is 9.40. The molecule has 0 N–H and O–H groups in total. The van der Waals surface area contributed by atoms with E-state index in [2.05, 4.69) is 6.58 Å². The van der Waals surface area contributed by atoms with Crippen LogP contribution in [0.25, 0.3) is 0 Å². The Morgan fingerprint density at radius 2 is 2.12 bits per heavy atom. The third kappa shape index (κ3) is 1.96. The number of fused-ring (bicyclic) bond motifs is 1. The molecule has 2 fully saturated rings. The highest BCUT2D eigenvalue weighted by Gasteiger charge is 2.45. The molecule has 4 heteroatoms. The highest BCUT2D eigenvalue weighted by molar-refractivity contribution is 5.90. The van der Waals surface area contributed by atoms with Gasteiger partial charge in [-0.05, 0) is 19.3 Å². The number of ether oxygens (including phenoxy) is 2. The Morgan fingerprint density at radius 3 is 2.81 bits per heavy atom. The van der Waals surface area contributed by atoms with Crippen LogP contribution in [0.1, 0.15) is 32.6 Å². The molecule has 1 aliphatic carbocycles. The highest BCUT2D eigenvalue weighted by atomic mass is 16.6. The summed E-state index contributed by atoms with van der Waals surface area (Å²) in [6.45, 7) is 5.14. The van der Waals surface area contributed by atoms with E-state index in [-0.39, 0.29) is 30.1 Å². The normalized spacial score (nSPS) is 33.9. The van der Waals surface area contributed by atoms with Gasteiger partial charge in [-0.1, -0.05) is 13.0 Å². The van der Waals surface area contributed by atoms with E-state index in [0.717, 1.165) is 25.7 Å². The van der Waals surface area contributed by atoms with E-state index in [0.29, 0.717) is 5.57 Å². The number of esters is 2. The average Bonchev–Trinajstić information content (AvgIpc) is 2.40. The minimum atomic E-state index is -0.339. The van der Waals surface area contributed by atoms with Crippen LogP contribution in [0.3, 0.4) is 0 Å². The summed E-state index contributed by atoms with van der Waals surface area (Å²) >= 11 is 0. The Labute approximate surface area is 94.6 Å². The Bertz CT molecular complexity index is 334. The van der Waals surface area contributed by atoms with Crippen molar-refractivity contribution in [1.82, 2.24) is 0 Å². The van der Waals surface area contributed by atoms with E-state index < -0.39 is 0 Å². The number of carbonyl (C=O) groups excluding carboxylic acids is 2. The monoisotopic (exact) mass is 224 g/mol. The molecule has 0 amide bonds. The van der Waals surface area contributed by atoms with Crippen molar-refractivity contribution in [3.63, 3.8) is 0 Å². The number of hydrogen-bond acceptors (Lipinski definition) is 4. The third-order valence-corrected chi connectivity index (χ3v) is 3.29. The van der Waals surface area contributed by atoms with Gasteiger partial charge in [0.1, 0.15) is 12.2 Å². The van der Waals surface area contributed by atoms with Crippen LogP contribution in [0, 0.1) is 5.92 Å². The van der Waals surface area contributed by atoms with Crippen molar-refractivity contribution < 1.29 is 19.1 Å². The molecule has 0 radical (unpaired) electrons. The van der Waals surface area contributed by atoms with E-state index in [1.807, 2.05) is 0 Å². The summed E-state index contributed by atoms with van der Waals surface area (Å²) in [4.78, 5) is 22.4. The van der Waals surface area contributed by atoms with E-state index in [4.69, 9.17) is 9.47 Å². The minimum Gasteiger partial charge on any atom is -0.459 e. The Kier molecular flexibility index (Phi) is 2.99. The number of hydrogen-bond donors (Lipinski definition) is 0. The van der Waals surface area contributed by atoms with Gasteiger partial charge in [0, 0.05) is 18.4 Å². The highest BCUT2D eigenvalue weighted by Crippen LogP contribution is 2.37. The van der Waals surface area contributed by atoms with Crippen molar-refractivity contribution in [2.24, 2.45) is 5.92 Å². The molecule has 0 unspecified atom stereocenters. The SMILES string of the molecule is C=C1C(=O)O[C@H]2[C@@H](OC(C)=O)CCCC[C@@H]12. The smallest absolute Gasteiger partial charge is 0.334 e. The van der Waals surface area contributed by atoms with Crippen molar-refractivity contribution in [2.75, 3.05) is 0 Å². The quantitative estimate of drug-likeness (QED) is 0.501. The second kappa shape index (κ2) is 4.28. The molecular formula is C12H16O4. The lowest BCUT2D eigenvalue weighted by Crippen LogP contribution is -2.33. The largest absolute Gasteiger partial charge is 0.459 e. The standard InChI is InChI=1S/C12H16O4/c1-7-9-5-3-4-6-10(15-8(2)13)11(9)16-12(7)14/h9-11H,1,3-6H2,2H3/t9-,10-,11+/m0/s1. The molecule has 2 aliphatic rings. The summed E-state index contributed by atoms with van der Waals surface area (Å²) < 4.78 is 10.5. The maximum Gasteiger partial charge on any atom is 0.334 e. The van der Waals surface area contributed by atoms with Gasteiger partial charge in [0.25, 0.3) is 0 Å². The molecule has 1 aliphatic heterocycles. The van der Waals surface area contributed by atoms with Crippen LogP contribution in [-0.4, -0.2) is 24.1 Å². The fraction of sp³-hybridized carbons (Fsp3) is 0.667. The maximum atomic E-state index is 11.4. The summed E-state index contributed by atoms with van der Waals surface area (Å²) in [5.74, 6) is -0.632. The molecule has 16 heavy (non-hydrogen) atoms. The second-order valence-corrected chi connectivity index (χ2v) is 4.43. The third-order valence-electron chi connectivity index (χ3n) is 3.29. The lowest BCUT2D eigenvalue weighted by Gasteiger charge is -2.23. The number of rotatable bonds is 1. The zero-order valence-corrected chi connectivity index (χ0v) is 9.40. The van der Waals surface area contributed by atoms with Crippen molar-refractivity contribution in [1.29, 1.82) is 0 Å². The first-order chi connectivity index (χ1) is 7.59. The summed E-state index contributed by atoms with van der Waals surface area (Å²) in [5, 5.41) is 0. The van der Waals surface area contributed by atoms with Crippen LogP contribution in [0.4, 0.5) is 0 Å². The van der Waals surface area contributed by atoms with E-state index in [1.165, 1.54) is 6.92 Å². The molecule has 0 aromatic carbocycles. The van der Waals surface area contributed by atoms with E-state index >= 15 is 0 Å². The van der Waals surface area contributed by atoms with Crippen molar-refractivity contribution >= 4 is 11.9 Å². The maximum absolute atomic E-state index is 11.4. The van der Waals surface area contributed by atoms with Gasteiger partial charge in [-0.3, -0.25) is 4.79 Å². The van der Waals surface area contributed by atoms with Gasteiger partial charge in [0.2, 0.25) is 0 Å². The summed E-state index contributed by atoms with van der Waals surface area (Å²) in [7, 11) is 0. The predicted octanol–water partition coefficient (Wildman–Crippen LogP) is 1.59. The predicted molar refractivity (Wildman–Crippen MR) is 56.5 cm³/mol. The molecular weight excluding hydrogens is 208 g/mol. The van der Waals surface area contributed by atoms with Gasteiger partial charge in [-0.15, -0.1) is 0 Å². The first kappa shape index (κ1) is 11.2. The lowest BCUT2D eigenvalue weighted by molar-refractivity contribution is -0.160. The molecule has 88 valence electrons.